The Labute approximate surface area is 175 Å². The molecule has 1 aliphatic carbocycles. The van der Waals surface area contributed by atoms with Crippen LogP contribution < -0.4 is 11.2 Å². The van der Waals surface area contributed by atoms with Crippen LogP contribution in [0.2, 0.25) is 0 Å². The molecule has 1 heterocycles. The number of hydrogen-bond acceptors (Lipinski definition) is 6. The maximum absolute atomic E-state index is 12.9. The highest BCUT2D eigenvalue weighted by molar-refractivity contribution is 7.93. The molecule has 0 fully saturated rings. The summed E-state index contributed by atoms with van der Waals surface area (Å²) in [6.07, 6.45) is 4.36. The van der Waals surface area contributed by atoms with Crippen LogP contribution in [0.4, 0.5) is 0 Å². The fourth-order valence-electron chi connectivity index (χ4n) is 3.74. The molecule has 0 saturated heterocycles. The quantitative estimate of drug-likeness (QED) is 0.649. The molecular weight excluding hydrogens is 430 g/mol. The molecule has 0 bridgehead atoms. The van der Waals surface area contributed by atoms with E-state index in [1.807, 2.05) is 0 Å². The predicted octanol–water partition coefficient (Wildman–Crippen LogP) is 0.530. The molecule has 1 aromatic carbocycles. The number of fused-ring (bicyclic) bond motifs is 1. The number of nitrogens with zero attached hydrogens (tertiary/aromatic N) is 2. The lowest BCUT2D eigenvalue weighted by Crippen LogP contribution is -2.37. The first-order valence-corrected chi connectivity index (χ1v) is 13.0. The third-order valence-corrected chi connectivity index (χ3v) is 8.49. The zero-order valence-corrected chi connectivity index (χ0v) is 18.6. The summed E-state index contributed by atoms with van der Waals surface area (Å²) in [5, 5.41) is 0. The summed E-state index contributed by atoms with van der Waals surface area (Å²) in [7, 11) is -6.38. The van der Waals surface area contributed by atoms with Crippen LogP contribution in [0.1, 0.15) is 30.5 Å². The Morgan fingerprint density at radius 1 is 1.03 bits per heavy atom. The molecule has 1 aliphatic rings. The van der Waals surface area contributed by atoms with Crippen LogP contribution in [0, 0.1) is 0 Å². The van der Waals surface area contributed by atoms with Gasteiger partial charge in [0.25, 0.3) is 5.56 Å². The number of rotatable bonds is 7. The summed E-state index contributed by atoms with van der Waals surface area (Å²) in [5.74, 6) is 0. The highest BCUT2D eigenvalue weighted by Crippen LogP contribution is 2.23. The molecule has 2 aromatic rings. The number of sulfonamides is 1. The number of nitrogens with one attached hydrogen (secondary N) is 1. The van der Waals surface area contributed by atoms with Crippen molar-refractivity contribution in [3.63, 3.8) is 0 Å². The van der Waals surface area contributed by atoms with Crippen molar-refractivity contribution in [3.8, 4) is 0 Å². The van der Waals surface area contributed by atoms with Crippen molar-refractivity contribution < 1.29 is 16.8 Å². The summed E-state index contributed by atoms with van der Waals surface area (Å²) in [6, 6.07) is 5.48. The van der Waals surface area contributed by atoms with Crippen molar-refractivity contribution in [2.24, 2.45) is 0 Å². The van der Waals surface area contributed by atoms with Crippen LogP contribution in [-0.2, 0) is 39.2 Å². The highest BCUT2D eigenvalue weighted by atomic mass is 32.2. The number of aromatic amines is 1. The molecule has 0 spiro atoms. The third-order valence-electron chi connectivity index (χ3n) is 5.30. The van der Waals surface area contributed by atoms with E-state index in [0.717, 1.165) is 29.1 Å². The van der Waals surface area contributed by atoms with Gasteiger partial charge in [0.1, 0.15) is 4.90 Å². The van der Waals surface area contributed by atoms with Crippen molar-refractivity contribution in [1.82, 2.24) is 13.9 Å². The second kappa shape index (κ2) is 8.48. The zero-order valence-electron chi connectivity index (χ0n) is 16.9. The predicted molar refractivity (Wildman–Crippen MR) is 112 cm³/mol. The first kappa shape index (κ1) is 22.4. The average molecular weight is 456 g/mol. The summed E-state index contributed by atoms with van der Waals surface area (Å²) in [6.45, 7) is 0.340. The van der Waals surface area contributed by atoms with Crippen molar-refractivity contribution in [1.29, 1.82) is 0 Å². The second-order valence-electron chi connectivity index (χ2n) is 7.44. The van der Waals surface area contributed by atoms with Crippen molar-refractivity contribution in [3.05, 3.63) is 56.4 Å². The van der Waals surface area contributed by atoms with Crippen molar-refractivity contribution in [2.75, 3.05) is 19.8 Å². The van der Waals surface area contributed by atoms with E-state index in [9.17, 15) is 26.4 Å². The van der Waals surface area contributed by atoms with Gasteiger partial charge >= 0.3 is 5.69 Å². The average Bonchev–Trinajstić information content (AvgIpc) is 2.69. The molecule has 0 aliphatic heterocycles. The molecule has 3 rings (SSSR count). The lowest BCUT2D eigenvalue weighted by Gasteiger charge is -2.21. The normalized spacial score (nSPS) is 14.6. The maximum Gasteiger partial charge on any atom is 0.328 e. The lowest BCUT2D eigenvalue weighted by atomic mass is 9.97. The Balaban J connectivity index is 1.80. The number of aromatic nitrogens is 2. The van der Waals surface area contributed by atoms with Crippen LogP contribution in [0.15, 0.2) is 43.6 Å². The second-order valence-corrected chi connectivity index (χ2v) is 11.4. The van der Waals surface area contributed by atoms with Crippen LogP contribution in [0.25, 0.3) is 0 Å². The topological polar surface area (TPSA) is 126 Å². The summed E-state index contributed by atoms with van der Waals surface area (Å²) >= 11 is 0. The fraction of sp³-hybridized carbons (Fsp3) is 0.474. The van der Waals surface area contributed by atoms with Gasteiger partial charge in [-0.15, -0.1) is 0 Å². The summed E-state index contributed by atoms with van der Waals surface area (Å²) in [4.78, 5) is 26.1. The monoisotopic (exact) mass is 455 g/mol. The Hall–Kier alpha value is -2.24. The molecule has 0 atom stereocenters. The Morgan fingerprint density at radius 3 is 2.33 bits per heavy atom. The SMILES string of the molecule is CN(CCCn1c2c(c(=O)[nH]c1=O)CCCC2)S(=O)(=O)c1ccccc1S(C)(=O)=O. The molecule has 0 amide bonds. The summed E-state index contributed by atoms with van der Waals surface area (Å²) < 4.78 is 52.4. The van der Waals surface area contributed by atoms with Crippen molar-refractivity contribution in [2.45, 2.75) is 48.4 Å². The number of H-pyrrole nitrogens is 1. The number of sulfone groups is 1. The molecular formula is C19H25N3O6S2. The fourth-order valence-corrected chi connectivity index (χ4v) is 6.55. The molecule has 0 radical (unpaired) electrons. The Morgan fingerprint density at radius 2 is 1.67 bits per heavy atom. The maximum atomic E-state index is 12.9. The first-order chi connectivity index (χ1) is 14.0. The number of hydrogen-bond donors (Lipinski definition) is 1. The zero-order chi connectivity index (χ0) is 22.1. The number of benzene rings is 1. The minimum absolute atomic E-state index is 0.0841. The van der Waals surface area contributed by atoms with Gasteiger partial charge in [0.15, 0.2) is 9.84 Å². The van der Waals surface area contributed by atoms with Crippen LogP contribution in [-0.4, -0.2) is 50.5 Å². The van der Waals surface area contributed by atoms with Gasteiger partial charge in [0, 0.05) is 37.7 Å². The molecule has 30 heavy (non-hydrogen) atoms. The molecule has 11 heteroatoms. The Kier molecular flexibility index (Phi) is 6.34. The van der Waals surface area contributed by atoms with Crippen LogP contribution in [0.3, 0.4) is 0 Å². The van der Waals surface area contributed by atoms with E-state index in [4.69, 9.17) is 0 Å². The van der Waals surface area contributed by atoms with E-state index in [1.165, 1.54) is 35.9 Å². The molecule has 1 aromatic heterocycles. The molecule has 0 saturated carbocycles. The summed E-state index contributed by atoms with van der Waals surface area (Å²) in [5.41, 5.74) is 0.517. The van der Waals surface area contributed by atoms with E-state index in [1.54, 1.807) is 0 Å². The van der Waals surface area contributed by atoms with Gasteiger partial charge in [0.05, 0.1) is 4.90 Å². The third kappa shape index (κ3) is 4.42. The minimum Gasteiger partial charge on any atom is -0.297 e. The molecule has 0 unspecified atom stereocenters. The van der Waals surface area contributed by atoms with Gasteiger partial charge in [-0.1, -0.05) is 12.1 Å². The molecule has 164 valence electrons. The van der Waals surface area contributed by atoms with E-state index in [2.05, 4.69) is 4.98 Å². The van der Waals surface area contributed by atoms with Crippen LogP contribution in [0.5, 0.6) is 0 Å². The van der Waals surface area contributed by atoms with Gasteiger partial charge in [-0.05, 0) is 44.2 Å². The standard InChI is InChI=1S/C19H25N3O6S2/c1-21(30(27,28)17-11-6-5-10-16(17)29(2,25)26)12-7-13-22-15-9-4-3-8-14(15)18(23)20-19(22)24/h5-6,10-11H,3-4,7-9,12-13H2,1-2H3,(H,20,23,24). The van der Waals surface area contributed by atoms with Crippen molar-refractivity contribution >= 4 is 19.9 Å². The van der Waals surface area contributed by atoms with Gasteiger partial charge in [0.2, 0.25) is 10.0 Å². The van der Waals surface area contributed by atoms with Gasteiger partial charge in [-0.2, -0.15) is 0 Å². The van der Waals surface area contributed by atoms with E-state index in [0.29, 0.717) is 24.8 Å². The smallest absolute Gasteiger partial charge is 0.297 e. The Bertz CT molecular complexity index is 1280. The molecule has 9 nitrogen and oxygen atoms in total. The largest absolute Gasteiger partial charge is 0.328 e. The first-order valence-electron chi connectivity index (χ1n) is 9.64. The van der Waals surface area contributed by atoms with E-state index < -0.39 is 25.6 Å². The minimum atomic E-state index is -4.03. The van der Waals surface area contributed by atoms with E-state index >= 15 is 0 Å². The van der Waals surface area contributed by atoms with Crippen LogP contribution >= 0.6 is 0 Å². The highest BCUT2D eigenvalue weighted by Gasteiger charge is 2.27. The van der Waals surface area contributed by atoms with Gasteiger partial charge in [-0.25, -0.2) is 25.9 Å². The lowest BCUT2D eigenvalue weighted by molar-refractivity contribution is 0.434. The van der Waals surface area contributed by atoms with Gasteiger partial charge in [-0.3, -0.25) is 14.3 Å². The van der Waals surface area contributed by atoms with Gasteiger partial charge < -0.3 is 0 Å². The van der Waals surface area contributed by atoms with E-state index in [-0.39, 0.29) is 28.4 Å². The molecule has 1 N–H and O–H groups in total.